The summed E-state index contributed by atoms with van der Waals surface area (Å²) in [6, 6.07) is 11.3. The van der Waals surface area contributed by atoms with E-state index in [1.165, 1.54) is 21.9 Å². The van der Waals surface area contributed by atoms with Gasteiger partial charge in [-0.3, -0.25) is 9.59 Å². The van der Waals surface area contributed by atoms with Crippen LogP contribution < -0.4 is 16.2 Å². The first-order valence-corrected chi connectivity index (χ1v) is 8.91. The quantitative estimate of drug-likeness (QED) is 0.673. The van der Waals surface area contributed by atoms with Crippen molar-refractivity contribution >= 4 is 27.3 Å². The summed E-state index contributed by atoms with van der Waals surface area (Å²) >= 11 is 1.30. The molecule has 2 N–H and O–H groups in total. The van der Waals surface area contributed by atoms with Crippen LogP contribution in [0.3, 0.4) is 0 Å². The minimum atomic E-state index is -0.188. The first-order valence-electron chi connectivity index (χ1n) is 8.10. The number of fused-ring (bicyclic) bond motifs is 1. The highest BCUT2D eigenvalue weighted by Gasteiger charge is 2.08. The van der Waals surface area contributed by atoms with Crippen LogP contribution in [-0.4, -0.2) is 27.0 Å². The minimum absolute atomic E-state index is 0.0407. The van der Waals surface area contributed by atoms with Gasteiger partial charge in [0.25, 0.3) is 5.56 Å². The van der Waals surface area contributed by atoms with Gasteiger partial charge in [0.2, 0.25) is 16.0 Å². The van der Waals surface area contributed by atoms with Crippen LogP contribution in [0.25, 0.3) is 4.96 Å². The number of nitrogens with zero attached hydrogens (tertiary/aromatic N) is 3. The first kappa shape index (κ1) is 17.1. The van der Waals surface area contributed by atoms with Crippen molar-refractivity contribution < 1.29 is 4.79 Å². The van der Waals surface area contributed by atoms with E-state index in [1.54, 1.807) is 0 Å². The highest BCUT2D eigenvalue weighted by molar-refractivity contribution is 7.20. The average Bonchev–Trinajstić information content (AvgIpc) is 3.04. The second kappa shape index (κ2) is 7.89. The van der Waals surface area contributed by atoms with Crippen molar-refractivity contribution in [1.82, 2.24) is 19.9 Å². The molecular weight excluding hydrogens is 338 g/mol. The fraction of sp³-hybridized carbons (Fsp3) is 0.294. The van der Waals surface area contributed by atoms with Crippen LogP contribution in [-0.2, 0) is 17.8 Å². The number of benzene rings is 1. The fourth-order valence-corrected chi connectivity index (χ4v) is 3.13. The Morgan fingerprint density at radius 1 is 1.28 bits per heavy atom. The molecule has 0 aliphatic carbocycles. The lowest BCUT2D eigenvalue weighted by molar-refractivity contribution is -0.121. The molecule has 2 heterocycles. The Kier molecular flexibility index (Phi) is 5.39. The molecule has 8 heteroatoms. The van der Waals surface area contributed by atoms with Crippen molar-refractivity contribution in [2.45, 2.75) is 26.3 Å². The zero-order valence-electron chi connectivity index (χ0n) is 13.9. The molecule has 0 spiro atoms. The predicted molar refractivity (Wildman–Crippen MR) is 97.9 cm³/mol. The molecule has 3 rings (SSSR count). The van der Waals surface area contributed by atoms with Gasteiger partial charge >= 0.3 is 0 Å². The lowest BCUT2D eigenvalue weighted by atomic mass is 10.2. The largest absolute Gasteiger partial charge is 0.360 e. The van der Waals surface area contributed by atoms with E-state index in [4.69, 9.17) is 0 Å². The minimum Gasteiger partial charge on any atom is -0.360 e. The zero-order valence-corrected chi connectivity index (χ0v) is 14.7. The highest BCUT2D eigenvalue weighted by Crippen LogP contribution is 2.16. The van der Waals surface area contributed by atoms with Crippen LogP contribution in [0.4, 0.5) is 5.13 Å². The van der Waals surface area contributed by atoms with Crippen molar-refractivity contribution in [3.63, 3.8) is 0 Å². The number of aryl methyl sites for hydroxylation is 1. The van der Waals surface area contributed by atoms with Crippen LogP contribution in [0.15, 0.2) is 41.2 Å². The third-order valence-electron chi connectivity index (χ3n) is 3.62. The molecule has 0 aliphatic heterocycles. The summed E-state index contributed by atoms with van der Waals surface area (Å²) in [4.78, 5) is 28.8. The van der Waals surface area contributed by atoms with Crippen LogP contribution >= 0.6 is 11.3 Å². The molecule has 0 atom stereocenters. The van der Waals surface area contributed by atoms with Crippen LogP contribution in [0, 0.1) is 0 Å². The molecule has 0 aliphatic rings. The Hall–Kier alpha value is -2.74. The zero-order chi connectivity index (χ0) is 17.6. The summed E-state index contributed by atoms with van der Waals surface area (Å²) in [5.41, 5.74) is 1.62. The molecule has 0 saturated carbocycles. The topological polar surface area (TPSA) is 88.4 Å². The molecule has 2 aromatic heterocycles. The van der Waals surface area contributed by atoms with E-state index in [0.717, 1.165) is 11.3 Å². The number of aromatic nitrogens is 3. The maximum Gasteiger partial charge on any atom is 0.275 e. The van der Waals surface area contributed by atoms with Crippen molar-refractivity contribution in [1.29, 1.82) is 0 Å². The van der Waals surface area contributed by atoms with E-state index in [2.05, 4.69) is 20.7 Å². The van der Waals surface area contributed by atoms with Gasteiger partial charge in [-0.25, -0.2) is 4.98 Å². The van der Waals surface area contributed by atoms with E-state index < -0.39 is 0 Å². The molecule has 3 aromatic rings. The SMILES string of the molecule is CCc1cc(=O)n2nc(NCCC(=O)NCc3ccccc3)sc2n1. The monoisotopic (exact) mass is 357 g/mol. The summed E-state index contributed by atoms with van der Waals surface area (Å²) in [5, 5.41) is 10.7. The molecule has 25 heavy (non-hydrogen) atoms. The molecule has 1 amide bonds. The predicted octanol–water partition coefficient (Wildman–Crippen LogP) is 1.83. The molecule has 7 nitrogen and oxygen atoms in total. The van der Waals surface area contributed by atoms with Gasteiger partial charge in [-0.1, -0.05) is 48.6 Å². The third-order valence-corrected chi connectivity index (χ3v) is 4.49. The number of hydrogen-bond donors (Lipinski definition) is 2. The Morgan fingerprint density at radius 2 is 2.08 bits per heavy atom. The van der Waals surface area contributed by atoms with Gasteiger partial charge in [-0.05, 0) is 12.0 Å². The van der Waals surface area contributed by atoms with Crippen molar-refractivity contribution in [2.24, 2.45) is 0 Å². The summed E-state index contributed by atoms with van der Waals surface area (Å²) in [6.07, 6.45) is 1.03. The van der Waals surface area contributed by atoms with Gasteiger partial charge in [-0.2, -0.15) is 4.52 Å². The Balaban J connectivity index is 1.51. The van der Waals surface area contributed by atoms with Gasteiger partial charge in [0.1, 0.15) is 0 Å². The Labute approximate surface area is 148 Å². The first-order chi connectivity index (χ1) is 12.2. The molecular formula is C17H19N5O2S. The summed E-state index contributed by atoms with van der Waals surface area (Å²) in [5.74, 6) is -0.0407. The molecule has 0 saturated heterocycles. The van der Waals surface area contributed by atoms with Gasteiger partial charge in [0, 0.05) is 31.3 Å². The highest BCUT2D eigenvalue weighted by atomic mass is 32.1. The lowest BCUT2D eigenvalue weighted by Gasteiger charge is -2.05. The Bertz CT molecular complexity index is 920. The van der Waals surface area contributed by atoms with Gasteiger partial charge in [0.05, 0.1) is 0 Å². The van der Waals surface area contributed by atoms with Crippen molar-refractivity contribution in [2.75, 3.05) is 11.9 Å². The van der Waals surface area contributed by atoms with E-state index in [9.17, 15) is 9.59 Å². The number of amides is 1. The lowest BCUT2D eigenvalue weighted by Crippen LogP contribution is -2.24. The van der Waals surface area contributed by atoms with Gasteiger partial charge in [0.15, 0.2) is 0 Å². The molecule has 130 valence electrons. The van der Waals surface area contributed by atoms with E-state index in [-0.39, 0.29) is 11.5 Å². The number of rotatable bonds is 7. The van der Waals surface area contributed by atoms with Crippen LogP contribution in [0.2, 0.25) is 0 Å². The summed E-state index contributed by atoms with van der Waals surface area (Å²) in [7, 11) is 0. The second-order valence-corrected chi connectivity index (χ2v) is 6.44. The van der Waals surface area contributed by atoms with E-state index >= 15 is 0 Å². The van der Waals surface area contributed by atoms with Crippen molar-refractivity contribution in [3.8, 4) is 0 Å². The number of anilines is 1. The normalized spacial score (nSPS) is 10.8. The number of carbonyl (C=O) groups is 1. The number of hydrogen-bond acceptors (Lipinski definition) is 6. The molecule has 0 unspecified atom stereocenters. The third kappa shape index (κ3) is 4.42. The Morgan fingerprint density at radius 3 is 2.84 bits per heavy atom. The fourth-order valence-electron chi connectivity index (χ4n) is 2.28. The average molecular weight is 357 g/mol. The second-order valence-electron chi connectivity index (χ2n) is 5.48. The molecule has 0 fully saturated rings. The molecule has 0 bridgehead atoms. The summed E-state index contributed by atoms with van der Waals surface area (Å²) in [6.45, 7) is 2.91. The standard InChI is InChI=1S/C17H19N5O2S/c1-2-13-10-15(24)22-17(20-13)25-16(21-22)18-9-8-14(23)19-11-12-6-4-3-5-7-12/h3-7,10H,2,8-9,11H2,1H3,(H,18,21)(H,19,23). The number of carbonyl (C=O) groups excluding carboxylic acids is 1. The summed E-state index contributed by atoms with van der Waals surface area (Å²) < 4.78 is 1.28. The van der Waals surface area contributed by atoms with E-state index in [1.807, 2.05) is 37.3 Å². The van der Waals surface area contributed by atoms with Gasteiger partial charge < -0.3 is 10.6 Å². The van der Waals surface area contributed by atoms with Crippen LogP contribution in [0.1, 0.15) is 24.6 Å². The smallest absolute Gasteiger partial charge is 0.275 e. The van der Waals surface area contributed by atoms with Crippen molar-refractivity contribution in [3.05, 3.63) is 58.0 Å². The van der Waals surface area contributed by atoms with Gasteiger partial charge in [-0.15, -0.1) is 5.10 Å². The number of nitrogens with one attached hydrogen (secondary N) is 2. The molecule has 0 radical (unpaired) electrons. The van der Waals surface area contributed by atoms with Crippen LogP contribution in [0.5, 0.6) is 0 Å². The molecule has 1 aromatic carbocycles. The van der Waals surface area contributed by atoms with E-state index in [0.29, 0.717) is 36.0 Å². The maximum absolute atomic E-state index is 11.9. The maximum atomic E-state index is 11.9.